The van der Waals surface area contributed by atoms with Crippen LogP contribution in [0.15, 0.2) is 24.3 Å². The van der Waals surface area contributed by atoms with E-state index in [-0.39, 0.29) is 0 Å². The van der Waals surface area contributed by atoms with E-state index in [0.717, 1.165) is 13.1 Å². The predicted molar refractivity (Wildman–Crippen MR) is 71.7 cm³/mol. The van der Waals surface area contributed by atoms with Crippen LogP contribution in [0.4, 0.5) is 5.69 Å². The van der Waals surface area contributed by atoms with Crippen molar-refractivity contribution in [2.24, 2.45) is 0 Å². The summed E-state index contributed by atoms with van der Waals surface area (Å²) in [5.41, 5.74) is 2.98. The van der Waals surface area contributed by atoms with E-state index in [4.69, 9.17) is 0 Å². The van der Waals surface area contributed by atoms with Gasteiger partial charge in [0.25, 0.3) is 0 Å². The molecule has 17 heavy (non-hydrogen) atoms. The van der Waals surface area contributed by atoms with Crippen molar-refractivity contribution >= 4 is 5.69 Å². The lowest BCUT2D eigenvalue weighted by atomic mass is 10.2. The molecular formula is C14H21N3. The number of hydrogen-bond donors (Lipinski definition) is 1. The molecule has 3 nitrogen and oxygen atoms in total. The first-order valence-corrected chi connectivity index (χ1v) is 6.69. The molecule has 0 atom stereocenters. The zero-order chi connectivity index (χ0) is 11.5. The first-order valence-electron chi connectivity index (χ1n) is 6.69. The van der Waals surface area contributed by atoms with Gasteiger partial charge in [-0.3, -0.25) is 4.90 Å². The van der Waals surface area contributed by atoms with Gasteiger partial charge in [-0.2, -0.15) is 0 Å². The number of nitrogens with zero attached hydrogens (tertiary/aromatic N) is 2. The fraction of sp³-hybridized carbons (Fsp3) is 0.571. The van der Waals surface area contributed by atoms with E-state index in [1.54, 1.807) is 0 Å². The van der Waals surface area contributed by atoms with Gasteiger partial charge in [-0.05, 0) is 18.1 Å². The fourth-order valence-corrected chi connectivity index (χ4v) is 2.84. The topological polar surface area (TPSA) is 18.5 Å². The third-order valence-corrected chi connectivity index (χ3v) is 3.88. The Labute approximate surface area is 103 Å². The van der Waals surface area contributed by atoms with Gasteiger partial charge < -0.3 is 10.2 Å². The summed E-state index contributed by atoms with van der Waals surface area (Å²) in [5, 5.41) is 3.40. The highest BCUT2D eigenvalue weighted by atomic mass is 15.2. The van der Waals surface area contributed by atoms with Crippen LogP contribution in [0.3, 0.4) is 0 Å². The highest BCUT2D eigenvalue weighted by Crippen LogP contribution is 2.26. The van der Waals surface area contributed by atoms with E-state index in [1.807, 2.05) is 0 Å². The van der Waals surface area contributed by atoms with Gasteiger partial charge in [0, 0.05) is 51.5 Å². The Morgan fingerprint density at radius 1 is 1.00 bits per heavy atom. The molecule has 3 rings (SSSR count). The summed E-state index contributed by atoms with van der Waals surface area (Å²) in [4.78, 5) is 5.11. The number of fused-ring (bicyclic) bond motifs is 1. The molecule has 1 aromatic rings. The Morgan fingerprint density at radius 3 is 2.71 bits per heavy atom. The van der Waals surface area contributed by atoms with Crippen molar-refractivity contribution in [3.05, 3.63) is 29.8 Å². The third-order valence-electron chi connectivity index (χ3n) is 3.88. The molecule has 0 bridgehead atoms. The zero-order valence-corrected chi connectivity index (χ0v) is 10.4. The highest BCUT2D eigenvalue weighted by molar-refractivity contribution is 5.57. The average molecular weight is 231 g/mol. The molecule has 0 unspecified atom stereocenters. The zero-order valence-electron chi connectivity index (χ0n) is 10.4. The minimum Gasteiger partial charge on any atom is -0.370 e. The molecule has 1 aromatic carbocycles. The maximum absolute atomic E-state index is 3.40. The van der Waals surface area contributed by atoms with Crippen LogP contribution in [-0.2, 0) is 6.42 Å². The molecule has 3 heteroatoms. The molecule has 1 saturated heterocycles. The van der Waals surface area contributed by atoms with Crippen molar-refractivity contribution in [2.75, 3.05) is 50.7 Å². The van der Waals surface area contributed by atoms with Gasteiger partial charge in [-0.15, -0.1) is 0 Å². The van der Waals surface area contributed by atoms with E-state index >= 15 is 0 Å². The minimum absolute atomic E-state index is 1.15. The fourth-order valence-electron chi connectivity index (χ4n) is 2.84. The van der Waals surface area contributed by atoms with Gasteiger partial charge in [-0.25, -0.2) is 0 Å². The number of para-hydroxylation sites is 1. The average Bonchev–Trinajstić information content (AvgIpc) is 2.81. The predicted octanol–water partition coefficient (Wildman–Crippen LogP) is 0.954. The molecular weight excluding hydrogens is 210 g/mol. The van der Waals surface area contributed by atoms with Gasteiger partial charge >= 0.3 is 0 Å². The molecule has 92 valence electrons. The molecule has 0 aliphatic carbocycles. The van der Waals surface area contributed by atoms with Crippen molar-refractivity contribution in [1.29, 1.82) is 0 Å². The standard InChI is InChI=1S/C14H21N3/c1-2-4-14-13(3-1)5-8-17(14)12-11-16-9-6-15-7-10-16/h1-4,15H,5-12H2. The lowest BCUT2D eigenvalue weighted by Gasteiger charge is -2.29. The Kier molecular flexibility index (Phi) is 3.29. The van der Waals surface area contributed by atoms with Crippen LogP contribution in [0.5, 0.6) is 0 Å². The summed E-state index contributed by atoms with van der Waals surface area (Å²) in [6, 6.07) is 8.83. The molecule has 0 amide bonds. The molecule has 2 aliphatic heterocycles. The Hall–Kier alpha value is -1.06. The molecule has 0 aromatic heterocycles. The lowest BCUT2D eigenvalue weighted by Crippen LogP contribution is -2.46. The van der Waals surface area contributed by atoms with E-state index in [9.17, 15) is 0 Å². The third kappa shape index (κ3) is 2.45. The van der Waals surface area contributed by atoms with Crippen LogP contribution in [0.1, 0.15) is 5.56 Å². The van der Waals surface area contributed by atoms with Gasteiger partial charge in [0.05, 0.1) is 0 Å². The van der Waals surface area contributed by atoms with E-state index < -0.39 is 0 Å². The Bertz CT molecular complexity index is 371. The number of nitrogens with one attached hydrogen (secondary N) is 1. The molecule has 1 N–H and O–H groups in total. The van der Waals surface area contributed by atoms with Crippen molar-refractivity contribution in [2.45, 2.75) is 6.42 Å². The van der Waals surface area contributed by atoms with Crippen molar-refractivity contribution < 1.29 is 0 Å². The summed E-state index contributed by atoms with van der Waals surface area (Å²) >= 11 is 0. The van der Waals surface area contributed by atoms with Crippen LogP contribution >= 0.6 is 0 Å². The van der Waals surface area contributed by atoms with Gasteiger partial charge in [0.15, 0.2) is 0 Å². The van der Waals surface area contributed by atoms with E-state index in [1.165, 1.54) is 50.4 Å². The molecule has 0 saturated carbocycles. The maximum Gasteiger partial charge on any atom is 0.0399 e. The van der Waals surface area contributed by atoms with E-state index in [2.05, 4.69) is 39.4 Å². The first-order chi connectivity index (χ1) is 8.43. The second-order valence-corrected chi connectivity index (χ2v) is 4.96. The number of benzene rings is 1. The largest absolute Gasteiger partial charge is 0.370 e. The van der Waals surface area contributed by atoms with Crippen molar-refractivity contribution in [3.63, 3.8) is 0 Å². The summed E-state index contributed by atoms with van der Waals surface area (Å²) in [5.74, 6) is 0. The van der Waals surface area contributed by atoms with Crippen molar-refractivity contribution in [3.8, 4) is 0 Å². The summed E-state index contributed by atoms with van der Waals surface area (Å²) < 4.78 is 0. The SMILES string of the molecule is c1ccc2c(c1)CCN2CCN1CCNCC1. The summed E-state index contributed by atoms with van der Waals surface area (Å²) in [6.45, 7) is 8.29. The lowest BCUT2D eigenvalue weighted by molar-refractivity contribution is 0.246. The maximum atomic E-state index is 3.40. The smallest absolute Gasteiger partial charge is 0.0399 e. The van der Waals surface area contributed by atoms with Crippen LogP contribution in [-0.4, -0.2) is 50.7 Å². The molecule has 2 aliphatic rings. The van der Waals surface area contributed by atoms with Gasteiger partial charge in [-0.1, -0.05) is 18.2 Å². The second-order valence-electron chi connectivity index (χ2n) is 4.96. The van der Waals surface area contributed by atoms with Crippen LogP contribution in [0.2, 0.25) is 0 Å². The minimum atomic E-state index is 1.15. The number of anilines is 1. The Morgan fingerprint density at radius 2 is 1.82 bits per heavy atom. The number of piperazine rings is 1. The Balaban J connectivity index is 1.56. The summed E-state index contributed by atoms with van der Waals surface area (Å²) in [7, 11) is 0. The first kappa shape index (κ1) is 11.1. The summed E-state index contributed by atoms with van der Waals surface area (Å²) in [6.07, 6.45) is 1.22. The second kappa shape index (κ2) is 5.07. The molecule has 1 fully saturated rings. The molecule has 0 radical (unpaired) electrons. The van der Waals surface area contributed by atoms with E-state index in [0.29, 0.717) is 0 Å². The van der Waals surface area contributed by atoms with Crippen LogP contribution in [0.25, 0.3) is 0 Å². The number of rotatable bonds is 3. The molecule has 0 spiro atoms. The van der Waals surface area contributed by atoms with Crippen LogP contribution in [0, 0.1) is 0 Å². The normalized spacial score (nSPS) is 20.6. The quantitative estimate of drug-likeness (QED) is 0.836. The highest BCUT2D eigenvalue weighted by Gasteiger charge is 2.19. The number of hydrogen-bond acceptors (Lipinski definition) is 3. The van der Waals surface area contributed by atoms with Gasteiger partial charge in [0.1, 0.15) is 0 Å². The van der Waals surface area contributed by atoms with Crippen LogP contribution < -0.4 is 10.2 Å². The van der Waals surface area contributed by atoms with Gasteiger partial charge in [0.2, 0.25) is 0 Å². The monoisotopic (exact) mass is 231 g/mol. The molecule has 2 heterocycles. The van der Waals surface area contributed by atoms with Crippen molar-refractivity contribution in [1.82, 2.24) is 10.2 Å².